The topological polar surface area (TPSA) is 46.2 Å². The van der Waals surface area contributed by atoms with E-state index in [0.717, 1.165) is 0 Å². The molecule has 0 aromatic heterocycles. The Balaban J connectivity index is 0.000000640. The molecule has 0 saturated heterocycles. The number of hydrogen-bond donors (Lipinski definition) is 2. The molecule has 1 rings (SSSR count). The van der Waals surface area contributed by atoms with Crippen LogP contribution in [-0.4, -0.2) is 5.11 Å². The van der Waals surface area contributed by atoms with E-state index in [1.807, 2.05) is 0 Å². The minimum Gasteiger partial charge on any atom is -0.506 e. The Morgan fingerprint density at radius 1 is 1.22 bits per heavy atom. The Morgan fingerprint density at radius 3 is 2.11 bits per heavy atom. The summed E-state index contributed by atoms with van der Waals surface area (Å²) in [5.41, 5.74) is 5.69. The van der Waals surface area contributed by atoms with E-state index < -0.39 is 0 Å². The Labute approximate surface area is 64.2 Å². The van der Waals surface area contributed by atoms with Crippen molar-refractivity contribution in [3.05, 3.63) is 24.3 Å². The fourth-order valence-electron chi connectivity index (χ4n) is 0.488. The van der Waals surface area contributed by atoms with Crippen molar-refractivity contribution >= 4 is 5.69 Å². The Kier molecular flexibility index (Phi) is 3.13. The maximum Gasteiger partial charge on any atom is 0.138 e. The molecule has 1 radical (unpaired) electrons. The van der Waals surface area contributed by atoms with E-state index in [4.69, 9.17) is 10.8 Å². The van der Waals surface area contributed by atoms with E-state index >= 15 is 0 Å². The van der Waals surface area contributed by atoms with Gasteiger partial charge in [0.1, 0.15) is 5.75 Å². The molecular weight excluding hydrogens is 166 g/mol. The summed E-state index contributed by atoms with van der Waals surface area (Å²) in [5, 5.41) is 8.79. The molecule has 0 bridgehead atoms. The predicted molar refractivity (Wildman–Crippen MR) is 32.5 cm³/mol. The second-order valence-electron chi connectivity index (χ2n) is 1.56. The summed E-state index contributed by atoms with van der Waals surface area (Å²) in [5.74, 6) is 0.146. The van der Waals surface area contributed by atoms with Crippen LogP contribution in [0.1, 0.15) is 0 Å². The third kappa shape index (κ3) is 1.96. The van der Waals surface area contributed by atoms with Crippen LogP contribution >= 0.6 is 0 Å². The van der Waals surface area contributed by atoms with Crippen molar-refractivity contribution < 1.29 is 22.2 Å². The van der Waals surface area contributed by atoms with E-state index in [9.17, 15) is 0 Å². The summed E-state index contributed by atoms with van der Waals surface area (Å²) >= 11 is 0. The first-order valence-electron chi connectivity index (χ1n) is 2.34. The van der Waals surface area contributed by atoms with E-state index in [0.29, 0.717) is 5.69 Å². The number of phenols is 1. The monoisotopic (exact) mass is 172 g/mol. The Hall–Kier alpha value is -0.661. The molecule has 0 aliphatic heterocycles. The molecule has 0 saturated carbocycles. The van der Waals surface area contributed by atoms with E-state index in [1.165, 1.54) is 0 Å². The van der Waals surface area contributed by atoms with Crippen LogP contribution in [0.2, 0.25) is 0 Å². The van der Waals surface area contributed by atoms with Crippen molar-refractivity contribution in [3.63, 3.8) is 0 Å². The predicted octanol–water partition coefficient (Wildman–Crippen LogP) is 0.972. The largest absolute Gasteiger partial charge is 0.506 e. The molecule has 0 fully saturated rings. The van der Waals surface area contributed by atoms with Crippen molar-refractivity contribution in [1.82, 2.24) is 0 Å². The third-order valence-corrected chi connectivity index (χ3v) is 0.937. The summed E-state index contributed by atoms with van der Waals surface area (Å²) in [4.78, 5) is 0. The zero-order valence-electron chi connectivity index (χ0n) is 4.64. The normalized spacial score (nSPS) is 8.00. The van der Waals surface area contributed by atoms with Crippen LogP contribution in [0.25, 0.3) is 0 Å². The van der Waals surface area contributed by atoms with Gasteiger partial charge in [-0.05, 0) is 12.1 Å². The van der Waals surface area contributed by atoms with Gasteiger partial charge < -0.3 is 10.8 Å². The molecule has 53 valence electrons. The van der Waals surface area contributed by atoms with Crippen LogP contribution in [-0.2, 0) is 17.1 Å². The van der Waals surface area contributed by atoms with E-state index in [2.05, 4.69) is 0 Å². The van der Waals surface area contributed by atoms with Gasteiger partial charge in [0.25, 0.3) is 0 Å². The quantitative estimate of drug-likeness (QED) is 0.348. The summed E-state index contributed by atoms with van der Waals surface area (Å²) in [6.45, 7) is 0. The van der Waals surface area contributed by atoms with Crippen molar-refractivity contribution in [3.8, 4) is 5.75 Å². The van der Waals surface area contributed by atoms with Gasteiger partial charge in [0.15, 0.2) is 0 Å². The SMILES string of the molecule is Nc1ccccc1O.[Cu]. The maximum absolute atomic E-state index is 8.79. The average molecular weight is 173 g/mol. The number of aromatic hydroxyl groups is 1. The molecule has 0 heterocycles. The number of nitrogens with two attached hydrogens (primary N) is 1. The molecule has 0 atom stereocenters. The zero-order valence-corrected chi connectivity index (χ0v) is 5.58. The molecule has 0 amide bonds. The van der Waals surface area contributed by atoms with Gasteiger partial charge in [-0.1, -0.05) is 12.1 Å². The first-order chi connectivity index (χ1) is 3.80. The Bertz CT molecular complexity index is 169. The third-order valence-electron chi connectivity index (χ3n) is 0.937. The molecule has 3 N–H and O–H groups in total. The summed E-state index contributed by atoms with van der Waals surface area (Å²) in [6.07, 6.45) is 0. The second-order valence-corrected chi connectivity index (χ2v) is 1.56. The van der Waals surface area contributed by atoms with Crippen LogP contribution in [0.15, 0.2) is 24.3 Å². The Morgan fingerprint density at radius 2 is 1.78 bits per heavy atom. The summed E-state index contributed by atoms with van der Waals surface area (Å²) in [7, 11) is 0. The van der Waals surface area contributed by atoms with Gasteiger partial charge in [-0.2, -0.15) is 0 Å². The van der Waals surface area contributed by atoms with Crippen LogP contribution in [0, 0.1) is 0 Å². The van der Waals surface area contributed by atoms with Crippen LogP contribution in [0.3, 0.4) is 0 Å². The number of nitrogen functional groups attached to an aromatic ring is 1. The second kappa shape index (κ2) is 3.38. The molecule has 3 heteroatoms. The average Bonchev–Trinajstić information content (AvgIpc) is 1.77. The molecule has 0 unspecified atom stereocenters. The van der Waals surface area contributed by atoms with E-state index in [-0.39, 0.29) is 22.8 Å². The molecule has 1 aromatic rings. The molecule has 2 nitrogen and oxygen atoms in total. The number of benzene rings is 1. The van der Waals surface area contributed by atoms with Crippen molar-refractivity contribution in [2.45, 2.75) is 0 Å². The van der Waals surface area contributed by atoms with Crippen molar-refractivity contribution in [1.29, 1.82) is 0 Å². The number of para-hydroxylation sites is 2. The van der Waals surface area contributed by atoms with Crippen molar-refractivity contribution in [2.24, 2.45) is 0 Å². The first-order valence-corrected chi connectivity index (χ1v) is 2.34. The molecule has 0 aliphatic carbocycles. The summed E-state index contributed by atoms with van der Waals surface area (Å²) < 4.78 is 0. The van der Waals surface area contributed by atoms with Crippen LogP contribution in [0.4, 0.5) is 5.69 Å². The molecule has 9 heavy (non-hydrogen) atoms. The van der Waals surface area contributed by atoms with Gasteiger partial charge in [0.2, 0.25) is 0 Å². The maximum atomic E-state index is 8.79. The van der Waals surface area contributed by atoms with Gasteiger partial charge in [-0.3, -0.25) is 0 Å². The standard InChI is InChI=1S/C6H7NO.Cu/c7-5-3-1-2-4-6(5)8;/h1-4,8H,7H2;. The summed E-state index contributed by atoms with van der Waals surface area (Å²) in [6, 6.07) is 6.70. The van der Waals surface area contributed by atoms with Gasteiger partial charge in [-0.25, -0.2) is 0 Å². The van der Waals surface area contributed by atoms with E-state index in [1.54, 1.807) is 24.3 Å². The first kappa shape index (κ1) is 8.34. The fraction of sp³-hybridized carbons (Fsp3) is 0. The van der Waals surface area contributed by atoms with Gasteiger partial charge in [0.05, 0.1) is 5.69 Å². The molecule has 1 aromatic carbocycles. The van der Waals surface area contributed by atoms with Gasteiger partial charge >= 0.3 is 0 Å². The van der Waals surface area contributed by atoms with Gasteiger partial charge in [0, 0.05) is 17.1 Å². The number of phenolic OH excluding ortho intramolecular Hbond substituents is 1. The molecule has 0 aliphatic rings. The zero-order chi connectivity index (χ0) is 5.98. The van der Waals surface area contributed by atoms with Crippen LogP contribution in [0.5, 0.6) is 5.75 Å². The number of hydrogen-bond acceptors (Lipinski definition) is 2. The minimum atomic E-state index is 0. The molecule has 0 spiro atoms. The van der Waals surface area contributed by atoms with Crippen molar-refractivity contribution in [2.75, 3.05) is 5.73 Å². The van der Waals surface area contributed by atoms with Gasteiger partial charge in [-0.15, -0.1) is 0 Å². The molecular formula is C6H7CuNO. The number of rotatable bonds is 0. The smallest absolute Gasteiger partial charge is 0.138 e. The minimum absolute atomic E-state index is 0. The van der Waals surface area contributed by atoms with Crippen LogP contribution < -0.4 is 5.73 Å². The fourth-order valence-corrected chi connectivity index (χ4v) is 0.488. The number of anilines is 1.